The number of benzene rings is 2. The van der Waals surface area contributed by atoms with E-state index in [0.717, 1.165) is 5.39 Å². The Labute approximate surface area is 132 Å². The monoisotopic (exact) mass is 308 g/mol. The number of fused-ring (bicyclic) bond motifs is 1. The fourth-order valence-electron chi connectivity index (χ4n) is 2.30. The zero-order valence-electron chi connectivity index (χ0n) is 12.4. The van der Waals surface area contributed by atoms with Gasteiger partial charge in [0.05, 0.1) is 18.1 Å². The van der Waals surface area contributed by atoms with Crippen LogP contribution in [0.5, 0.6) is 0 Å². The van der Waals surface area contributed by atoms with Gasteiger partial charge in [0, 0.05) is 23.2 Å². The summed E-state index contributed by atoms with van der Waals surface area (Å²) in [7, 11) is 0. The van der Waals surface area contributed by atoms with Crippen molar-refractivity contribution in [1.29, 1.82) is 0 Å². The highest BCUT2D eigenvalue weighted by molar-refractivity contribution is 5.94. The van der Waals surface area contributed by atoms with Crippen LogP contribution in [0.25, 0.3) is 10.8 Å². The smallest absolute Gasteiger partial charge is 0.274 e. The predicted molar refractivity (Wildman–Crippen MR) is 89.2 cm³/mol. The summed E-state index contributed by atoms with van der Waals surface area (Å²) in [6.45, 7) is 0.624. The SMILES string of the molecule is Nc1ccc(C(=O)NCCn2ncc3ccccc3c2=O)cc1. The number of amides is 1. The molecule has 3 rings (SSSR count). The number of hydrogen-bond donors (Lipinski definition) is 2. The molecule has 0 aliphatic heterocycles. The number of anilines is 1. The van der Waals surface area contributed by atoms with Crippen LogP contribution in [0.4, 0.5) is 5.69 Å². The lowest BCUT2D eigenvalue weighted by Crippen LogP contribution is -2.32. The fourth-order valence-corrected chi connectivity index (χ4v) is 2.30. The molecular weight excluding hydrogens is 292 g/mol. The van der Waals surface area contributed by atoms with Crippen molar-refractivity contribution >= 4 is 22.4 Å². The molecule has 116 valence electrons. The number of carbonyl (C=O) groups is 1. The Bertz CT molecular complexity index is 900. The average molecular weight is 308 g/mol. The first-order chi connectivity index (χ1) is 11.1. The van der Waals surface area contributed by atoms with Gasteiger partial charge in [-0.05, 0) is 30.3 Å². The second-order valence-electron chi connectivity index (χ2n) is 5.14. The predicted octanol–water partition coefficient (Wildman–Crippen LogP) is 1.41. The first-order valence-electron chi connectivity index (χ1n) is 7.24. The number of aromatic nitrogens is 2. The minimum absolute atomic E-state index is 0.162. The van der Waals surface area contributed by atoms with E-state index in [-0.39, 0.29) is 11.5 Å². The maximum Gasteiger partial charge on any atom is 0.274 e. The van der Waals surface area contributed by atoms with Crippen molar-refractivity contribution in [2.24, 2.45) is 0 Å². The topological polar surface area (TPSA) is 90.0 Å². The first-order valence-corrected chi connectivity index (χ1v) is 7.24. The summed E-state index contributed by atoms with van der Waals surface area (Å²) in [6.07, 6.45) is 1.65. The van der Waals surface area contributed by atoms with Crippen LogP contribution in [-0.4, -0.2) is 22.2 Å². The molecule has 1 heterocycles. The Morgan fingerprint density at radius 3 is 2.65 bits per heavy atom. The van der Waals surface area contributed by atoms with Gasteiger partial charge >= 0.3 is 0 Å². The van der Waals surface area contributed by atoms with E-state index in [2.05, 4.69) is 10.4 Å². The summed E-state index contributed by atoms with van der Waals surface area (Å²) in [5.74, 6) is -0.209. The van der Waals surface area contributed by atoms with E-state index >= 15 is 0 Å². The molecule has 1 aromatic heterocycles. The van der Waals surface area contributed by atoms with Gasteiger partial charge in [-0.1, -0.05) is 18.2 Å². The number of rotatable bonds is 4. The van der Waals surface area contributed by atoms with E-state index in [4.69, 9.17) is 5.73 Å². The van der Waals surface area contributed by atoms with Gasteiger partial charge in [0.2, 0.25) is 0 Å². The Hall–Kier alpha value is -3.15. The molecule has 0 radical (unpaired) electrons. The highest BCUT2D eigenvalue weighted by atomic mass is 16.2. The summed E-state index contributed by atoms with van der Waals surface area (Å²) < 4.78 is 1.35. The molecule has 0 saturated heterocycles. The molecule has 0 aliphatic carbocycles. The summed E-state index contributed by atoms with van der Waals surface area (Å²) >= 11 is 0. The molecule has 1 amide bonds. The van der Waals surface area contributed by atoms with Gasteiger partial charge in [-0.2, -0.15) is 5.10 Å². The molecule has 0 saturated carbocycles. The van der Waals surface area contributed by atoms with Crippen molar-refractivity contribution in [2.45, 2.75) is 6.54 Å². The van der Waals surface area contributed by atoms with Crippen LogP contribution in [-0.2, 0) is 6.54 Å². The van der Waals surface area contributed by atoms with Crippen LogP contribution in [0.2, 0.25) is 0 Å². The molecule has 0 aliphatic rings. The Morgan fingerprint density at radius 2 is 1.87 bits per heavy atom. The Morgan fingerprint density at radius 1 is 1.13 bits per heavy atom. The number of nitrogens with zero attached hydrogens (tertiary/aromatic N) is 2. The first kappa shape index (κ1) is 14.8. The Balaban J connectivity index is 1.67. The lowest BCUT2D eigenvalue weighted by Gasteiger charge is -2.08. The Kier molecular flexibility index (Phi) is 4.05. The van der Waals surface area contributed by atoms with Crippen LogP contribution in [0.15, 0.2) is 59.5 Å². The van der Waals surface area contributed by atoms with Gasteiger partial charge in [-0.25, -0.2) is 4.68 Å². The minimum atomic E-state index is -0.209. The summed E-state index contributed by atoms with van der Waals surface area (Å²) in [5, 5.41) is 8.31. The molecule has 0 atom stereocenters. The van der Waals surface area contributed by atoms with Crippen LogP contribution in [0, 0.1) is 0 Å². The maximum absolute atomic E-state index is 12.3. The molecule has 3 aromatic rings. The number of carbonyl (C=O) groups excluding carboxylic acids is 1. The van der Waals surface area contributed by atoms with E-state index < -0.39 is 0 Å². The molecule has 3 N–H and O–H groups in total. The van der Waals surface area contributed by atoms with Gasteiger partial charge in [0.25, 0.3) is 11.5 Å². The third-order valence-electron chi connectivity index (χ3n) is 3.54. The van der Waals surface area contributed by atoms with Gasteiger partial charge in [0.1, 0.15) is 0 Å². The number of nitrogens with two attached hydrogens (primary N) is 1. The molecule has 2 aromatic carbocycles. The lowest BCUT2D eigenvalue weighted by atomic mass is 10.2. The lowest BCUT2D eigenvalue weighted by molar-refractivity contribution is 0.0952. The molecule has 6 nitrogen and oxygen atoms in total. The number of nitrogens with one attached hydrogen (secondary N) is 1. The second-order valence-corrected chi connectivity index (χ2v) is 5.14. The van der Waals surface area contributed by atoms with Crippen molar-refractivity contribution in [1.82, 2.24) is 15.1 Å². The molecule has 0 bridgehead atoms. The molecular formula is C17H16N4O2. The van der Waals surface area contributed by atoms with Gasteiger partial charge in [-0.3, -0.25) is 9.59 Å². The van der Waals surface area contributed by atoms with Crippen LogP contribution in [0.3, 0.4) is 0 Å². The maximum atomic E-state index is 12.3. The van der Waals surface area contributed by atoms with Gasteiger partial charge in [0.15, 0.2) is 0 Å². The van der Waals surface area contributed by atoms with Crippen molar-refractivity contribution in [2.75, 3.05) is 12.3 Å². The quantitative estimate of drug-likeness (QED) is 0.713. The molecule has 0 fully saturated rings. The van der Waals surface area contributed by atoms with E-state index in [0.29, 0.717) is 29.7 Å². The van der Waals surface area contributed by atoms with Crippen LogP contribution in [0.1, 0.15) is 10.4 Å². The normalized spacial score (nSPS) is 10.6. The third kappa shape index (κ3) is 3.21. The molecule has 6 heteroatoms. The van der Waals surface area contributed by atoms with Crippen molar-refractivity contribution < 1.29 is 4.79 Å². The molecule has 0 unspecified atom stereocenters. The van der Waals surface area contributed by atoms with E-state index in [1.807, 2.05) is 18.2 Å². The van der Waals surface area contributed by atoms with Crippen LogP contribution < -0.4 is 16.6 Å². The van der Waals surface area contributed by atoms with E-state index in [1.54, 1.807) is 36.5 Å². The van der Waals surface area contributed by atoms with E-state index in [9.17, 15) is 9.59 Å². The average Bonchev–Trinajstić information content (AvgIpc) is 2.57. The highest BCUT2D eigenvalue weighted by Gasteiger charge is 2.06. The van der Waals surface area contributed by atoms with Crippen molar-refractivity contribution in [3.63, 3.8) is 0 Å². The fraction of sp³-hybridized carbons (Fsp3) is 0.118. The molecule has 23 heavy (non-hydrogen) atoms. The number of hydrogen-bond acceptors (Lipinski definition) is 4. The van der Waals surface area contributed by atoms with Crippen LogP contribution >= 0.6 is 0 Å². The highest BCUT2D eigenvalue weighted by Crippen LogP contribution is 2.06. The zero-order chi connectivity index (χ0) is 16.2. The third-order valence-corrected chi connectivity index (χ3v) is 3.54. The van der Waals surface area contributed by atoms with Crippen molar-refractivity contribution in [3.05, 3.63) is 70.6 Å². The zero-order valence-corrected chi connectivity index (χ0v) is 12.4. The standard InChI is InChI=1S/C17H16N4O2/c18-14-7-5-12(6-8-14)16(22)19-9-10-21-17(23)15-4-2-1-3-13(15)11-20-21/h1-8,11H,9-10,18H2,(H,19,22). The second kappa shape index (κ2) is 6.31. The summed E-state index contributed by atoms with van der Waals surface area (Å²) in [5.41, 5.74) is 6.56. The summed E-state index contributed by atoms with van der Waals surface area (Å²) in [6, 6.07) is 13.9. The van der Waals surface area contributed by atoms with Gasteiger partial charge < -0.3 is 11.1 Å². The largest absolute Gasteiger partial charge is 0.399 e. The minimum Gasteiger partial charge on any atom is -0.399 e. The van der Waals surface area contributed by atoms with E-state index in [1.165, 1.54) is 4.68 Å². The number of nitrogen functional groups attached to an aromatic ring is 1. The molecule has 0 spiro atoms. The van der Waals surface area contributed by atoms with Crippen molar-refractivity contribution in [3.8, 4) is 0 Å². The van der Waals surface area contributed by atoms with Gasteiger partial charge in [-0.15, -0.1) is 0 Å². The summed E-state index contributed by atoms with van der Waals surface area (Å²) in [4.78, 5) is 24.3.